The van der Waals surface area contributed by atoms with Crippen LogP contribution in [-0.2, 0) is 11.3 Å². The molecule has 1 amide bonds. The SMILES string of the molecule is Cc1nc(CN2CCC3(CC2)CC(NC(=O)c2cccs2)CO3)cs1. The Labute approximate surface area is 156 Å². The van der Waals surface area contributed by atoms with Crippen molar-refractivity contribution >= 4 is 28.6 Å². The number of nitrogens with one attached hydrogen (secondary N) is 1. The van der Waals surface area contributed by atoms with Crippen LogP contribution in [0.4, 0.5) is 0 Å². The van der Waals surface area contributed by atoms with Crippen molar-refractivity contribution in [2.24, 2.45) is 0 Å². The maximum Gasteiger partial charge on any atom is 0.261 e. The summed E-state index contributed by atoms with van der Waals surface area (Å²) in [6, 6.07) is 3.90. The van der Waals surface area contributed by atoms with Gasteiger partial charge in [0.25, 0.3) is 5.91 Å². The zero-order valence-corrected chi connectivity index (χ0v) is 16.0. The van der Waals surface area contributed by atoms with Crippen LogP contribution < -0.4 is 5.32 Å². The molecule has 0 bridgehead atoms. The van der Waals surface area contributed by atoms with E-state index in [0.717, 1.165) is 48.8 Å². The first kappa shape index (κ1) is 17.1. The number of piperidine rings is 1. The Bertz CT molecular complexity index is 721. The Morgan fingerprint density at radius 2 is 2.28 bits per heavy atom. The van der Waals surface area contributed by atoms with Gasteiger partial charge in [-0.25, -0.2) is 4.98 Å². The van der Waals surface area contributed by atoms with Crippen LogP contribution >= 0.6 is 22.7 Å². The molecule has 7 heteroatoms. The molecule has 2 saturated heterocycles. The Hall–Kier alpha value is -1.28. The van der Waals surface area contributed by atoms with Crippen LogP contribution in [0.15, 0.2) is 22.9 Å². The number of amides is 1. The molecule has 2 aromatic heterocycles. The van der Waals surface area contributed by atoms with Gasteiger partial charge in [0, 0.05) is 25.0 Å². The molecule has 4 rings (SSSR count). The van der Waals surface area contributed by atoms with Crippen molar-refractivity contribution in [2.45, 2.75) is 44.4 Å². The highest BCUT2D eigenvalue weighted by atomic mass is 32.1. The Kier molecular flexibility index (Phi) is 4.90. The molecule has 0 aromatic carbocycles. The van der Waals surface area contributed by atoms with Crippen LogP contribution in [-0.4, -0.2) is 47.1 Å². The fourth-order valence-corrected chi connectivity index (χ4v) is 5.01. The van der Waals surface area contributed by atoms with Crippen LogP contribution in [0.2, 0.25) is 0 Å². The maximum absolute atomic E-state index is 12.2. The highest BCUT2D eigenvalue weighted by Crippen LogP contribution is 2.36. The third-order valence-corrected chi connectivity index (χ3v) is 6.80. The van der Waals surface area contributed by atoms with Gasteiger partial charge in [-0.3, -0.25) is 9.69 Å². The van der Waals surface area contributed by atoms with E-state index in [4.69, 9.17) is 4.74 Å². The smallest absolute Gasteiger partial charge is 0.261 e. The van der Waals surface area contributed by atoms with Gasteiger partial charge in [-0.15, -0.1) is 22.7 Å². The number of aromatic nitrogens is 1. The third kappa shape index (κ3) is 3.95. The number of aryl methyl sites for hydroxylation is 1. The summed E-state index contributed by atoms with van der Waals surface area (Å²) >= 11 is 3.19. The van der Waals surface area contributed by atoms with E-state index in [2.05, 4.69) is 27.5 Å². The second-order valence-corrected chi connectivity index (χ2v) is 8.99. The van der Waals surface area contributed by atoms with Crippen LogP contribution in [0.5, 0.6) is 0 Å². The number of ether oxygens (including phenoxy) is 1. The lowest BCUT2D eigenvalue weighted by molar-refractivity contribution is -0.0450. The average molecular weight is 378 g/mol. The molecule has 0 aliphatic carbocycles. The molecule has 5 nitrogen and oxygen atoms in total. The molecule has 1 spiro atoms. The summed E-state index contributed by atoms with van der Waals surface area (Å²) in [5, 5.41) is 8.35. The molecule has 1 N–H and O–H groups in total. The Morgan fingerprint density at radius 1 is 1.44 bits per heavy atom. The lowest BCUT2D eigenvalue weighted by Gasteiger charge is -2.38. The van der Waals surface area contributed by atoms with Gasteiger partial charge in [-0.1, -0.05) is 6.07 Å². The number of thiophene rings is 1. The predicted molar refractivity (Wildman–Crippen MR) is 100 cm³/mol. The molecule has 4 heterocycles. The van der Waals surface area contributed by atoms with E-state index in [9.17, 15) is 4.79 Å². The second kappa shape index (κ2) is 7.15. The molecular formula is C18H23N3O2S2. The number of hydrogen-bond donors (Lipinski definition) is 1. The minimum absolute atomic E-state index is 0.0250. The summed E-state index contributed by atoms with van der Waals surface area (Å²) in [6.45, 7) is 5.67. The van der Waals surface area contributed by atoms with Gasteiger partial charge < -0.3 is 10.1 Å². The normalized spacial score (nSPS) is 23.2. The lowest BCUT2D eigenvalue weighted by atomic mass is 9.87. The number of rotatable bonds is 4. The van der Waals surface area contributed by atoms with Crippen molar-refractivity contribution < 1.29 is 9.53 Å². The lowest BCUT2D eigenvalue weighted by Crippen LogP contribution is -2.44. The fraction of sp³-hybridized carbons (Fsp3) is 0.556. The first-order valence-electron chi connectivity index (χ1n) is 8.74. The number of likely N-dealkylation sites (tertiary alicyclic amines) is 1. The van der Waals surface area contributed by atoms with E-state index in [-0.39, 0.29) is 17.6 Å². The van der Waals surface area contributed by atoms with Crippen molar-refractivity contribution in [3.8, 4) is 0 Å². The van der Waals surface area contributed by atoms with Crippen molar-refractivity contribution in [2.75, 3.05) is 19.7 Å². The molecular weight excluding hydrogens is 354 g/mol. The van der Waals surface area contributed by atoms with Gasteiger partial charge in [-0.05, 0) is 37.6 Å². The monoisotopic (exact) mass is 377 g/mol. The first-order chi connectivity index (χ1) is 12.1. The summed E-state index contributed by atoms with van der Waals surface area (Å²) in [4.78, 5) is 20.0. The van der Waals surface area contributed by atoms with Gasteiger partial charge in [0.05, 0.1) is 33.8 Å². The number of carbonyl (C=O) groups is 1. The van der Waals surface area contributed by atoms with E-state index >= 15 is 0 Å². The molecule has 2 aromatic rings. The summed E-state index contributed by atoms with van der Waals surface area (Å²) in [6.07, 6.45) is 2.98. The van der Waals surface area contributed by atoms with Gasteiger partial charge >= 0.3 is 0 Å². The number of hydrogen-bond acceptors (Lipinski definition) is 6. The maximum atomic E-state index is 12.2. The van der Waals surface area contributed by atoms with Crippen LogP contribution in [0, 0.1) is 6.92 Å². The number of carbonyl (C=O) groups excluding carboxylic acids is 1. The topological polar surface area (TPSA) is 54.5 Å². The summed E-state index contributed by atoms with van der Waals surface area (Å²) in [5.41, 5.74) is 1.12. The fourth-order valence-electron chi connectivity index (χ4n) is 3.78. The molecule has 134 valence electrons. The highest BCUT2D eigenvalue weighted by Gasteiger charge is 2.43. The second-order valence-electron chi connectivity index (χ2n) is 6.98. The number of thiazole rings is 1. The molecule has 2 fully saturated rings. The standard InChI is InChI=1S/C18H23N3O2S2/c1-13-19-15(12-25-13)10-21-6-4-18(5-7-21)9-14(11-23-18)20-17(22)16-3-2-8-24-16/h2-3,8,12,14H,4-7,9-11H2,1H3,(H,20,22). The van der Waals surface area contributed by atoms with E-state index in [1.807, 2.05) is 17.5 Å². The average Bonchev–Trinajstić information content (AvgIpc) is 3.33. The summed E-state index contributed by atoms with van der Waals surface area (Å²) in [5.74, 6) is 0.0250. The first-order valence-corrected chi connectivity index (χ1v) is 10.5. The van der Waals surface area contributed by atoms with Crippen LogP contribution in [0.1, 0.15) is 39.6 Å². The van der Waals surface area contributed by atoms with Crippen molar-refractivity contribution in [1.82, 2.24) is 15.2 Å². The predicted octanol–water partition coefficient (Wildman–Crippen LogP) is 3.07. The van der Waals surface area contributed by atoms with Crippen molar-refractivity contribution in [3.63, 3.8) is 0 Å². The van der Waals surface area contributed by atoms with Crippen molar-refractivity contribution in [3.05, 3.63) is 38.5 Å². The van der Waals surface area contributed by atoms with E-state index < -0.39 is 0 Å². The van der Waals surface area contributed by atoms with Gasteiger partial charge in [0.15, 0.2) is 0 Å². The Balaban J connectivity index is 1.28. The zero-order valence-electron chi connectivity index (χ0n) is 14.4. The third-order valence-electron chi connectivity index (χ3n) is 5.11. The summed E-state index contributed by atoms with van der Waals surface area (Å²) in [7, 11) is 0. The summed E-state index contributed by atoms with van der Waals surface area (Å²) < 4.78 is 6.16. The molecule has 0 radical (unpaired) electrons. The quantitative estimate of drug-likeness (QED) is 0.890. The molecule has 25 heavy (non-hydrogen) atoms. The minimum Gasteiger partial charge on any atom is -0.373 e. The zero-order chi connectivity index (χ0) is 17.3. The van der Waals surface area contributed by atoms with Gasteiger partial charge in [0.1, 0.15) is 0 Å². The largest absolute Gasteiger partial charge is 0.373 e. The van der Waals surface area contributed by atoms with Crippen LogP contribution in [0.3, 0.4) is 0 Å². The highest BCUT2D eigenvalue weighted by molar-refractivity contribution is 7.12. The molecule has 0 saturated carbocycles. The number of nitrogens with zero attached hydrogens (tertiary/aromatic N) is 2. The molecule has 1 unspecified atom stereocenters. The minimum atomic E-state index is -0.0537. The van der Waals surface area contributed by atoms with E-state index in [0.29, 0.717) is 6.61 Å². The van der Waals surface area contributed by atoms with Gasteiger partial charge in [0.2, 0.25) is 0 Å². The molecule has 2 aliphatic heterocycles. The van der Waals surface area contributed by atoms with E-state index in [1.54, 1.807) is 11.3 Å². The van der Waals surface area contributed by atoms with Crippen LogP contribution in [0.25, 0.3) is 0 Å². The van der Waals surface area contributed by atoms with E-state index in [1.165, 1.54) is 17.0 Å². The molecule has 2 aliphatic rings. The Morgan fingerprint density at radius 3 is 2.96 bits per heavy atom. The van der Waals surface area contributed by atoms with Crippen molar-refractivity contribution in [1.29, 1.82) is 0 Å². The van der Waals surface area contributed by atoms with Gasteiger partial charge in [-0.2, -0.15) is 0 Å². The molecule has 1 atom stereocenters.